The molecule has 0 rings (SSSR count). The minimum absolute atomic E-state index is 0.611. The molecule has 0 aliphatic heterocycles. The first-order valence-electron chi connectivity index (χ1n) is 7.03. The molecule has 0 saturated carbocycles. The van der Waals surface area contributed by atoms with Crippen LogP contribution in [-0.2, 0) is 19.5 Å². The summed E-state index contributed by atoms with van der Waals surface area (Å²) in [6, 6.07) is -0.611. The average Bonchev–Trinajstić information content (AvgIpc) is 2.19. The van der Waals surface area contributed by atoms with E-state index in [0.29, 0.717) is 0 Å². The normalized spacial score (nSPS) is 14.2. The molecule has 0 aliphatic rings. The van der Waals surface area contributed by atoms with Crippen molar-refractivity contribution in [2.24, 2.45) is 0 Å². The molecule has 0 spiro atoms. The van der Waals surface area contributed by atoms with E-state index in [4.69, 9.17) is 9.47 Å². The molecule has 0 saturated heterocycles. The molecule has 1 atom stereocenters. The lowest BCUT2D eigenvalue weighted by Gasteiger charge is -2.21. The van der Waals surface area contributed by atoms with Crippen LogP contribution in [0.4, 0.5) is 9.59 Å². The Balaban J connectivity index is 4.57. The van der Waals surface area contributed by atoms with E-state index in [1.807, 2.05) is 0 Å². The molecule has 0 unspecified atom stereocenters. The highest BCUT2D eigenvalue weighted by Crippen LogP contribution is 2.08. The second kappa shape index (κ2) is 7.67. The quantitative estimate of drug-likeness (QED) is 0.804. The summed E-state index contributed by atoms with van der Waals surface area (Å²) in [5.74, 6) is 0. The predicted octanol–water partition coefficient (Wildman–Crippen LogP) is 2.27. The minimum Gasteiger partial charge on any atom is -0.444 e. The fraction of sp³-hybridized carbons (Fsp3) is 0.714. The smallest absolute Gasteiger partial charge is 0.421 e. The number of carbonyl (C=O) groups excluding carboxylic acids is 2. The van der Waals surface area contributed by atoms with Crippen LogP contribution < -0.4 is 10.0 Å². The van der Waals surface area contributed by atoms with Gasteiger partial charge in [0.05, 0.1) is 0 Å². The number of nitrogens with one attached hydrogen (secondary N) is 2. The van der Waals surface area contributed by atoms with Gasteiger partial charge in [-0.05, 0) is 54.5 Å². The largest absolute Gasteiger partial charge is 0.444 e. The highest BCUT2D eigenvalue weighted by atomic mass is 32.2. The summed E-state index contributed by atoms with van der Waals surface area (Å²) in [6.45, 7) is 11.5. The Bertz CT molecular complexity index is 555. The molecule has 8 nitrogen and oxygen atoms in total. The first-order valence-corrected chi connectivity index (χ1v) is 8.58. The van der Waals surface area contributed by atoms with Crippen LogP contribution in [0.25, 0.3) is 0 Å². The maximum Gasteiger partial charge on any atom is 0.421 e. The third-order valence-corrected chi connectivity index (χ3v) is 2.88. The Kier molecular flexibility index (Phi) is 7.08. The van der Waals surface area contributed by atoms with Gasteiger partial charge >= 0.3 is 12.2 Å². The lowest BCUT2D eigenvalue weighted by molar-refractivity contribution is 0.0515. The Hall–Kier alpha value is -1.77. The van der Waals surface area contributed by atoms with Gasteiger partial charge in [-0.1, -0.05) is 0 Å². The molecular formula is C14H26N2O6S. The summed E-state index contributed by atoms with van der Waals surface area (Å²) >= 11 is 0. The summed E-state index contributed by atoms with van der Waals surface area (Å²) in [5, 5.41) is 3.22. The SMILES string of the molecule is C[C@@H](/C=C/S(=O)(=O)NC(=O)OC(C)(C)C)NC(=O)OC(C)(C)C. The molecule has 0 fully saturated rings. The summed E-state index contributed by atoms with van der Waals surface area (Å²) < 4.78 is 35.0. The van der Waals surface area contributed by atoms with Crippen LogP contribution in [0.1, 0.15) is 48.5 Å². The van der Waals surface area contributed by atoms with Crippen LogP contribution in [0, 0.1) is 0 Å². The Morgan fingerprint density at radius 3 is 1.83 bits per heavy atom. The number of rotatable bonds is 4. The molecule has 0 bridgehead atoms. The highest BCUT2D eigenvalue weighted by Gasteiger charge is 2.20. The molecule has 2 N–H and O–H groups in total. The Labute approximate surface area is 137 Å². The summed E-state index contributed by atoms with van der Waals surface area (Å²) in [7, 11) is -4.02. The fourth-order valence-corrected chi connectivity index (χ4v) is 2.00. The monoisotopic (exact) mass is 350 g/mol. The van der Waals surface area contributed by atoms with Gasteiger partial charge in [0, 0.05) is 11.4 Å². The van der Waals surface area contributed by atoms with Gasteiger partial charge in [-0.2, -0.15) is 0 Å². The van der Waals surface area contributed by atoms with Crippen LogP contribution in [0.15, 0.2) is 11.5 Å². The molecule has 0 aliphatic carbocycles. The van der Waals surface area contributed by atoms with Crippen molar-refractivity contribution in [3.05, 3.63) is 11.5 Å². The van der Waals surface area contributed by atoms with E-state index >= 15 is 0 Å². The van der Waals surface area contributed by atoms with Gasteiger partial charge in [-0.25, -0.2) is 22.7 Å². The van der Waals surface area contributed by atoms with Crippen molar-refractivity contribution >= 4 is 22.2 Å². The maximum atomic E-state index is 11.7. The number of amides is 2. The number of hydrogen-bond donors (Lipinski definition) is 2. The third-order valence-electron chi connectivity index (χ3n) is 1.92. The van der Waals surface area contributed by atoms with Crippen LogP contribution in [0.2, 0.25) is 0 Å². The van der Waals surface area contributed by atoms with Crippen LogP contribution >= 0.6 is 0 Å². The van der Waals surface area contributed by atoms with Gasteiger partial charge in [0.2, 0.25) is 0 Å². The minimum atomic E-state index is -4.02. The number of sulfonamides is 1. The molecule has 134 valence electrons. The number of alkyl carbamates (subject to hydrolysis) is 1. The second-order valence-electron chi connectivity index (χ2n) is 6.91. The molecule has 0 aromatic heterocycles. The van der Waals surface area contributed by atoms with E-state index in [1.54, 1.807) is 53.2 Å². The van der Waals surface area contributed by atoms with E-state index in [9.17, 15) is 18.0 Å². The van der Waals surface area contributed by atoms with Crippen molar-refractivity contribution in [2.75, 3.05) is 0 Å². The lowest BCUT2D eigenvalue weighted by Crippen LogP contribution is -2.37. The predicted molar refractivity (Wildman–Crippen MR) is 86.3 cm³/mol. The zero-order chi connectivity index (χ0) is 18.5. The van der Waals surface area contributed by atoms with Crippen molar-refractivity contribution < 1.29 is 27.5 Å². The Morgan fingerprint density at radius 1 is 0.957 bits per heavy atom. The zero-order valence-electron chi connectivity index (χ0n) is 14.6. The Morgan fingerprint density at radius 2 is 1.39 bits per heavy atom. The van der Waals surface area contributed by atoms with Crippen molar-refractivity contribution in [1.82, 2.24) is 10.0 Å². The molecule has 0 radical (unpaired) electrons. The van der Waals surface area contributed by atoms with E-state index in [2.05, 4.69) is 5.32 Å². The molecule has 0 aromatic carbocycles. The van der Waals surface area contributed by atoms with Crippen molar-refractivity contribution in [3.63, 3.8) is 0 Å². The topological polar surface area (TPSA) is 111 Å². The highest BCUT2D eigenvalue weighted by molar-refractivity contribution is 7.92. The number of hydrogen-bond acceptors (Lipinski definition) is 6. The van der Waals surface area contributed by atoms with Gasteiger partial charge in [-0.3, -0.25) is 0 Å². The molecule has 23 heavy (non-hydrogen) atoms. The molecule has 0 heterocycles. The van der Waals surface area contributed by atoms with E-state index in [0.717, 1.165) is 5.41 Å². The number of carbonyl (C=O) groups is 2. The molecule has 2 amide bonds. The standard InChI is InChI=1S/C14H26N2O6S/c1-10(15-11(17)21-13(2,3)4)8-9-23(19,20)16-12(18)22-14(5,6)7/h8-10H,1-7H3,(H,15,17)(H,16,18)/b9-8+/t10-/m0/s1. The summed E-state index contributed by atoms with van der Waals surface area (Å²) in [6.07, 6.45) is -0.543. The van der Waals surface area contributed by atoms with Crippen LogP contribution in [0.3, 0.4) is 0 Å². The van der Waals surface area contributed by atoms with Crippen molar-refractivity contribution in [3.8, 4) is 0 Å². The summed E-state index contributed by atoms with van der Waals surface area (Å²) in [5.41, 5.74) is -1.47. The zero-order valence-corrected chi connectivity index (χ0v) is 15.4. The van der Waals surface area contributed by atoms with Crippen molar-refractivity contribution in [2.45, 2.75) is 65.7 Å². The van der Waals surface area contributed by atoms with Gasteiger partial charge in [-0.15, -0.1) is 0 Å². The van der Waals surface area contributed by atoms with Crippen LogP contribution in [0.5, 0.6) is 0 Å². The molecule has 0 aromatic rings. The second-order valence-corrected chi connectivity index (χ2v) is 8.48. The first kappa shape index (κ1) is 21.2. The molecule has 9 heteroatoms. The molecular weight excluding hydrogens is 324 g/mol. The number of ether oxygens (including phenoxy) is 2. The van der Waals surface area contributed by atoms with Gasteiger partial charge in [0.15, 0.2) is 0 Å². The lowest BCUT2D eigenvalue weighted by atomic mass is 10.2. The van der Waals surface area contributed by atoms with E-state index in [-0.39, 0.29) is 0 Å². The third kappa shape index (κ3) is 12.5. The van der Waals surface area contributed by atoms with Gasteiger partial charge in [0.1, 0.15) is 11.2 Å². The van der Waals surface area contributed by atoms with E-state index < -0.39 is 39.5 Å². The first-order chi connectivity index (χ1) is 10.1. The van der Waals surface area contributed by atoms with Gasteiger partial charge in [0.25, 0.3) is 10.0 Å². The van der Waals surface area contributed by atoms with E-state index in [1.165, 1.54) is 6.08 Å². The fourth-order valence-electron chi connectivity index (χ4n) is 1.21. The average molecular weight is 350 g/mol. The van der Waals surface area contributed by atoms with Crippen LogP contribution in [-0.4, -0.2) is 37.8 Å². The van der Waals surface area contributed by atoms with Crippen molar-refractivity contribution in [1.29, 1.82) is 0 Å². The maximum absolute atomic E-state index is 11.7. The summed E-state index contributed by atoms with van der Waals surface area (Å²) in [4.78, 5) is 22.9. The van der Waals surface area contributed by atoms with Gasteiger partial charge < -0.3 is 14.8 Å².